The third-order valence-corrected chi connectivity index (χ3v) is 8.00. The number of fused-ring (bicyclic) bond motifs is 3. The van der Waals surface area contributed by atoms with Gasteiger partial charge in [-0.2, -0.15) is 0 Å². The fourth-order valence-corrected chi connectivity index (χ4v) is 5.94. The van der Waals surface area contributed by atoms with Gasteiger partial charge in [0.1, 0.15) is 5.82 Å². The highest BCUT2D eigenvalue weighted by molar-refractivity contribution is 5.82. The van der Waals surface area contributed by atoms with Crippen LogP contribution in [-0.2, 0) is 28.9 Å². The summed E-state index contributed by atoms with van der Waals surface area (Å²) < 4.78 is 34.4. The summed E-state index contributed by atoms with van der Waals surface area (Å²) in [4.78, 5) is 30.5. The number of benzene rings is 2. The number of amides is 1. The number of imidazole rings is 1. The lowest BCUT2D eigenvalue weighted by atomic mass is 9.81. The highest BCUT2D eigenvalue weighted by Crippen LogP contribution is 2.40. The summed E-state index contributed by atoms with van der Waals surface area (Å²) in [6.45, 7) is 0.620. The fraction of sp³-hybridized carbons (Fsp3) is 0.464. The van der Waals surface area contributed by atoms with Gasteiger partial charge in [-0.05, 0) is 67.9 Å². The fourth-order valence-electron chi connectivity index (χ4n) is 5.94. The van der Waals surface area contributed by atoms with E-state index in [1.807, 2.05) is 16.7 Å². The van der Waals surface area contributed by atoms with Gasteiger partial charge in [0, 0.05) is 18.0 Å². The quantitative estimate of drug-likeness (QED) is 0.487. The first kappa shape index (κ1) is 26.1. The molecule has 0 unspecified atom stereocenters. The number of aliphatic carboxylic acids is 1. The molecule has 1 amide bonds. The van der Waals surface area contributed by atoms with Crippen molar-refractivity contribution in [3.63, 3.8) is 0 Å². The van der Waals surface area contributed by atoms with E-state index < -0.39 is 29.7 Å². The first-order chi connectivity index (χ1) is 18.3. The van der Waals surface area contributed by atoms with Crippen LogP contribution < -0.4 is 0 Å². The number of nitrogens with zero attached hydrogens (tertiary/aromatic N) is 3. The second-order valence-corrected chi connectivity index (χ2v) is 10.2. The number of hydrogen-bond acceptors (Lipinski definition) is 5. The van der Waals surface area contributed by atoms with Crippen LogP contribution in [0.15, 0.2) is 30.3 Å². The number of aliphatic hydroxyl groups excluding tert-OH is 1. The largest absolute Gasteiger partial charge is 0.481 e. The Balaban J connectivity index is 1.59. The second kappa shape index (κ2) is 10.7. The smallest absolute Gasteiger partial charge is 0.409 e. The van der Waals surface area contributed by atoms with E-state index in [2.05, 4.69) is 0 Å². The topological polar surface area (TPSA) is 105 Å². The molecular formula is C28H31F2N3O5. The van der Waals surface area contributed by atoms with Gasteiger partial charge < -0.3 is 24.4 Å². The Bertz CT molecular complexity index is 1370. The number of carbonyl (C=O) groups excluding carboxylic acids is 1. The third kappa shape index (κ3) is 4.84. The molecule has 1 aliphatic heterocycles. The molecule has 10 heteroatoms. The molecule has 2 aromatic carbocycles. The maximum absolute atomic E-state index is 14.0. The van der Waals surface area contributed by atoms with Crippen molar-refractivity contribution in [2.24, 2.45) is 5.92 Å². The first-order valence-electron chi connectivity index (χ1n) is 12.9. The Labute approximate surface area is 218 Å². The lowest BCUT2D eigenvalue weighted by Crippen LogP contribution is -2.35. The predicted molar refractivity (Wildman–Crippen MR) is 135 cm³/mol. The SMILES string of the molecule is COC(=O)N1CCc2ccc3c(nc(C4CCC(C(=O)O)CC4)n3[C@@H](CO)Cc3ccc(F)c(F)c3)c2C1. The number of methoxy groups -OCH3 is 1. The average Bonchev–Trinajstić information content (AvgIpc) is 3.33. The molecule has 1 aliphatic carbocycles. The Morgan fingerprint density at radius 3 is 2.55 bits per heavy atom. The second-order valence-electron chi connectivity index (χ2n) is 10.2. The highest BCUT2D eigenvalue weighted by Gasteiger charge is 2.33. The van der Waals surface area contributed by atoms with Crippen molar-refractivity contribution in [3.05, 3.63) is 64.5 Å². The van der Waals surface area contributed by atoms with E-state index in [4.69, 9.17) is 9.72 Å². The molecule has 2 aliphatic rings. The Hall–Kier alpha value is -3.53. The van der Waals surface area contributed by atoms with E-state index in [0.717, 1.165) is 40.1 Å². The van der Waals surface area contributed by atoms with Crippen molar-refractivity contribution < 1.29 is 33.3 Å². The zero-order valence-electron chi connectivity index (χ0n) is 21.2. The van der Waals surface area contributed by atoms with Crippen LogP contribution in [0.4, 0.5) is 13.6 Å². The number of carboxylic acids is 1. The molecule has 2 N–H and O–H groups in total. The van der Waals surface area contributed by atoms with Gasteiger partial charge in [0.15, 0.2) is 11.6 Å². The predicted octanol–water partition coefficient (Wildman–Crippen LogP) is 4.57. The van der Waals surface area contributed by atoms with Crippen LogP contribution in [0.25, 0.3) is 11.0 Å². The number of aromatic nitrogens is 2. The van der Waals surface area contributed by atoms with E-state index in [-0.39, 0.29) is 24.9 Å². The van der Waals surface area contributed by atoms with Crippen molar-refractivity contribution in [1.29, 1.82) is 0 Å². The van der Waals surface area contributed by atoms with Gasteiger partial charge in [-0.1, -0.05) is 12.1 Å². The molecule has 1 atom stereocenters. The Morgan fingerprint density at radius 2 is 1.89 bits per heavy atom. The number of carbonyl (C=O) groups is 2. The van der Waals surface area contributed by atoms with Crippen LogP contribution in [-0.4, -0.2) is 57.0 Å². The number of hydrogen-bond donors (Lipinski definition) is 2. The normalized spacial score (nSPS) is 20.3. The van der Waals surface area contributed by atoms with Gasteiger partial charge in [-0.15, -0.1) is 0 Å². The van der Waals surface area contributed by atoms with Gasteiger partial charge in [0.25, 0.3) is 0 Å². The molecule has 0 spiro atoms. The lowest BCUT2D eigenvalue weighted by molar-refractivity contribution is -0.142. The maximum atomic E-state index is 14.0. The van der Waals surface area contributed by atoms with Crippen LogP contribution in [0.3, 0.4) is 0 Å². The van der Waals surface area contributed by atoms with Crippen molar-refractivity contribution in [2.75, 3.05) is 20.3 Å². The minimum absolute atomic E-state index is 0.0204. The average molecular weight is 528 g/mol. The van der Waals surface area contributed by atoms with Gasteiger partial charge in [0.2, 0.25) is 0 Å². The summed E-state index contributed by atoms with van der Waals surface area (Å²) in [5.41, 5.74) is 4.07. The molecule has 1 aromatic heterocycles. The zero-order valence-corrected chi connectivity index (χ0v) is 21.2. The van der Waals surface area contributed by atoms with Crippen LogP contribution in [0, 0.1) is 17.6 Å². The summed E-state index contributed by atoms with van der Waals surface area (Å²) in [6, 6.07) is 7.21. The molecule has 1 saturated carbocycles. The molecule has 8 nitrogen and oxygen atoms in total. The molecule has 0 bridgehead atoms. The molecular weight excluding hydrogens is 496 g/mol. The van der Waals surface area contributed by atoms with Crippen molar-refractivity contribution in [1.82, 2.24) is 14.5 Å². The molecule has 5 rings (SSSR count). The summed E-state index contributed by atoms with van der Waals surface area (Å²) in [6.07, 6.45) is 2.84. The minimum atomic E-state index is -0.945. The minimum Gasteiger partial charge on any atom is -0.481 e. The molecule has 3 aromatic rings. The van der Waals surface area contributed by atoms with Gasteiger partial charge in [-0.3, -0.25) is 4.79 Å². The number of aliphatic hydroxyl groups is 1. The molecule has 38 heavy (non-hydrogen) atoms. The van der Waals surface area contributed by atoms with Crippen molar-refractivity contribution >= 4 is 23.1 Å². The molecule has 202 valence electrons. The van der Waals surface area contributed by atoms with Crippen molar-refractivity contribution in [2.45, 2.75) is 57.0 Å². The van der Waals surface area contributed by atoms with Crippen LogP contribution in [0.1, 0.15) is 60.2 Å². The highest BCUT2D eigenvalue weighted by atomic mass is 19.2. The van der Waals surface area contributed by atoms with E-state index in [0.29, 0.717) is 50.8 Å². The van der Waals surface area contributed by atoms with Gasteiger partial charge in [-0.25, -0.2) is 18.6 Å². The third-order valence-electron chi connectivity index (χ3n) is 8.00. The van der Waals surface area contributed by atoms with Gasteiger partial charge >= 0.3 is 12.1 Å². The van der Waals surface area contributed by atoms with E-state index in [1.54, 1.807) is 4.90 Å². The summed E-state index contributed by atoms with van der Waals surface area (Å²) in [5, 5.41) is 20.0. The standard InChI is InChI=1S/C28H31F2N3O5/c1-38-28(37)32-11-10-17-7-9-24-25(21(17)14-32)31-26(18-3-5-19(6-4-18)27(35)36)33(24)20(15-34)12-16-2-8-22(29)23(30)13-16/h2,7-9,13,18-20,34H,3-6,10-12,14-15H2,1H3,(H,35,36)/t18?,19?,20-/m1/s1. The molecule has 2 heterocycles. The summed E-state index contributed by atoms with van der Waals surface area (Å²) in [7, 11) is 1.35. The maximum Gasteiger partial charge on any atom is 0.409 e. The van der Waals surface area contributed by atoms with E-state index in [1.165, 1.54) is 13.2 Å². The van der Waals surface area contributed by atoms with E-state index >= 15 is 0 Å². The molecule has 0 saturated heterocycles. The summed E-state index contributed by atoms with van der Waals surface area (Å²) in [5.74, 6) is -2.33. The molecule has 0 radical (unpaired) electrons. The van der Waals surface area contributed by atoms with Crippen molar-refractivity contribution in [3.8, 4) is 0 Å². The van der Waals surface area contributed by atoms with Gasteiger partial charge in [0.05, 0.1) is 43.3 Å². The number of halogens is 2. The number of carboxylic acid groups (broad SMARTS) is 1. The summed E-state index contributed by atoms with van der Waals surface area (Å²) >= 11 is 0. The van der Waals surface area contributed by atoms with E-state index in [9.17, 15) is 28.6 Å². The monoisotopic (exact) mass is 527 g/mol. The Morgan fingerprint density at radius 1 is 1.13 bits per heavy atom. The van der Waals surface area contributed by atoms with Crippen LogP contribution >= 0.6 is 0 Å². The number of ether oxygens (including phenoxy) is 1. The first-order valence-corrected chi connectivity index (χ1v) is 12.9. The van der Waals surface area contributed by atoms with Crippen LogP contribution in [0.2, 0.25) is 0 Å². The molecule has 1 fully saturated rings. The number of rotatable bonds is 6. The van der Waals surface area contributed by atoms with Crippen LogP contribution in [0.5, 0.6) is 0 Å². The zero-order chi connectivity index (χ0) is 27.0. The Kier molecular flexibility index (Phi) is 7.34. The lowest BCUT2D eigenvalue weighted by Gasteiger charge is -2.29.